The first-order chi connectivity index (χ1) is 15.2. The van der Waals surface area contributed by atoms with Crippen LogP contribution in [0.15, 0.2) is 83.8 Å². The van der Waals surface area contributed by atoms with Gasteiger partial charge in [-0.15, -0.1) is 0 Å². The number of hydrogen-bond donors (Lipinski definition) is 2. The van der Waals surface area contributed by atoms with Gasteiger partial charge in [-0.25, -0.2) is 13.2 Å². The number of ether oxygens (including phenoxy) is 1. The molecule has 0 aliphatic heterocycles. The van der Waals surface area contributed by atoms with Gasteiger partial charge in [0.25, 0.3) is 10.0 Å². The topological polar surface area (TPSA) is 92.7 Å². The molecule has 0 spiro atoms. The fourth-order valence-corrected chi connectivity index (χ4v) is 4.51. The van der Waals surface area contributed by atoms with E-state index in [1.807, 2.05) is 6.92 Å². The Bertz CT molecular complexity index is 1250. The second-order valence-corrected chi connectivity index (χ2v) is 9.37. The summed E-state index contributed by atoms with van der Waals surface area (Å²) in [5, 5.41) is 9.39. The number of nitrogens with one attached hydrogen (secondary N) is 1. The van der Waals surface area contributed by atoms with Crippen molar-refractivity contribution < 1.29 is 23.1 Å². The third-order valence-corrected chi connectivity index (χ3v) is 6.24. The first kappa shape index (κ1) is 23.4. The minimum Gasteiger partial charge on any atom is -0.487 e. The number of anilines is 1. The van der Waals surface area contributed by atoms with Crippen LogP contribution in [0, 0.1) is 0 Å². The summed E-state index contributed by atoms with van der Waals surface area (Å²) in [7, 11) is -3.90. The van der Waals surface area contributed by atoms with Crippen LogP contribution in [0.5, 0.6) is 5.75 Å². The molecule has 0 bridgehead atoms. The fraction of sp³-hybridized carbons (Fsp3) is 0.125. The Kier molecular flexibility index (Phi) is 7.22. The number of rotatable bonds is 9. The van der Waals surface area contributed by atoms with Crippen molar-refractivity contribution in [1.29, 1.82) is 0 Å². The molecule has 0 fully saturated rings. The third kappa shape index (κ3) is 5.90. The lowest BCUT2D eigenvalue weighted by Crippen LogP contribution is -2.16. The van der Waals surface area contributed by atoms with Crippen LogP contribution in [0.3, 0.4) is 0 Å². The quantitative estimate of drug-likeness (QED) is 0.400. The molecule has 0 aliphatic rings. The Morgan fingerprint density at radius 2 is 1.78 bits per heavy atom. The second-order valence-electron chi connectivity index (χ2n) is 7.28. The normalized spacial score (nSPS) is 11.1. The van der Waals surface area contributed by atoms with Gasteiger partial charge in [0, 0.05) is 11.1 Å². The van der Waals surface area contributed by atoms with E-state index in [1.165, 1.54) is 24.3 Å². The SMILES string of the molecule is C=C(C)Cc1ccccc1S(=O)(=O)Nc1ccc(Cl)cc1OCc1ccc(C(=O)O)cc1. The van der Waals surface area contributed by atoms with Gasteiger partial charge in [0.1, 0.15) is 12.4 Å². The number of benzene rings is 3. The Hall–Kier alpha value is -3.29. The molecule has 2 N–H and O–H groups in total. The van der Waals surface area contributed by atoms with Crippen LogP contribution in [0.25, 0.3) is 0 Å². The van der Waals surface area contributed by atoms with Gasteiger partial charge in [-0.1, -0.05) is 54.1 Å². The molecule has 166 valence electrons. The zero-order valence-corrected chi connectivity index (χ0v) is 18.9. The number of hydrogen-bond acceptors (Lipinski definition) is 4. The predicted octanol–water partition coefficient (Wildman–Crippen LogP) is 5.54. The summed E-state index contributed by atoms with van der Waals surface area (Å²) in [6.07, 6.45) is 0.438. The van der Waals surface area contributed by atoms with Crippen molar-refractivity contribution in [3.63, 3.8) is 0 Å². The molecule has 3 rings (SSSR count). The van der Waals surface area contributed by atoms with Gasteiger partial charge in [-0.3, -0.25) is 4.72 Å². The molecule has 8 heteroatoms. The molecule has 0 atom stereocenters. The summed E-state index contributed by atoms with van der Waals surface area (Å²) in [5.74, 6) is -0.767. The number of carbonyl (C=O) groups is 1. The van der Waals surface area contributed by atoms with Crippen molar-refractivity contribution in [1.82, 2.24) is 0 Å². The lowest BCUT2D eigenvalue weighted by atomic mass is 10.1. The highest BCUT2D eigenvalue weighted by Crippen LogP contribution is 2.31. The summed E-state index contributed by atoms with van der Waals surface area (Å²) in [4.78, 5) is 11.2. The van der Waals surface area contributed by atoms with Crippen molar-refractivity contribution >= 4 is 33.3 Å². The molecule has 0 aromatic heterocycles. The van der Waals surface area contributed by atoms with Crippen LogP contribution in [0.4, 0.5) is 5.69 Å². The van der Waals surface area contributed by atoms with E-state index in [0.29, 0.717) is 17.0 Å². The largest absolute Gasteiger partial charge is 0.487 e. The first-order valence-corrected chi connectivity index (χ1v) is 11.5. The molecule has 3 aromatic carbocycles. The first-order valence-electron chi connectivity index (χ1n) is 9.65. The highest BCUT2D eigenvalue weighted by Gasteiger charge is 2.20. The number of allylic oxidation sites excluding steroid dienone is 1. The molecule has 0 amide bonds. The highest BCUT2D eigenvalue weighted by molar-refractivity contribution is 7.92. The van der Waals surface area contributed by atoms with E-state index >= 15 is 0 Å². The van der Waals surface area contributed by atoms with E-state index in [2.05, 4.69) is 11.3 Å². The van der Waals surface area contributed by atoms with Crippen molar-refractivity contribution in [2.75, 3.05) is 4.72 Å². The number of carboxylic acids is 1. The zero-order valence-electron chi connectivity index (χ0n) is 17.3. The molecule has 0 heterocycles. The predicted molar refractivity (Wildman–Crippen MR) is 125 cm³/mol. The lowest BCUT2D eigenvalue weighted by molar-refractivity contribution is 0.0697. The van der Waals surface area contributed by atoms with E-state index in [4.69, 9.17) is 21.4 Å². The molecule has 0 saturated heterocycles. The minimum atomic E-state index is -3.90. The van der Waals surface area contributed by atoms with E-state index in [-0.39, 0.29) is 28.5 Å². The fourth-order valence-electron chi connectivity index (χ4n) is 3.04. The van der Waals surface area contributed by atoms with Crippen LogP contribution in [0.2, 0.25) is 5.02 Å². The summed E-state index contributed by atoms with van der Waals surface area (Å²) in [6, 6.07) is 17.6. The van der Waals surface area contributed by atoms with Crippen LogP contribution in [-0.4, -0.2) is 19.5 Å². The summed E-state index contributed by atoms with van der Waals surface area (Å²) in [6.45, 7) is 5.80. The molecular weight excluding hydrogens is 450 g/mol. The molecule has 0 unspecified atom stereocenters. The Morgan fingerprint density at radius 1 is 1.09 bits per heavy atom. The van der Waals surface area contributed by atoms with Gasteiger partial charge in [0.05, 0.1) is 16.1 Å². The molecular formula is C24H22ClNO5S. The average molecular weight is 472 g/mol. The van der Waals surface area contributed by atoms with Gasteiger partial charge in [-0.2, -0.15) is 0 Å². The molecule has 6 nitrogen and oxygen atoms in total. The zero-order chi connectivity index (χ0) is 23.3. The van der Waals surface area contributed by atoms with Crippen molar-refractivity contribution in [2.24, 2.45) is 0 Å². The number of halogens is 1. The van der Waals surface area contributed by atoms with E-state index in [1.54, 1.807) is 42.5 Å². The van der Waals surface area contributed by atoms with Gasteiger partial charge in [0.2, 0.25) is 0 Å². The van der Waals surface area contributed by atoms with Crippen molar-refractivity contribution in [3.8, 4) is 5.75 Å². The standard InChI is InChI=1S/C24H22ClNO5S/c1-16(2)13-19-5-3-4-6-23(19)32(29,30)26-21-12-11-20(25)14-22(21)31-15-17-7-9-18(10-8-17)24(27)28/h3-12,14,26H,1,13,15H2,2H3,(H,27,28). The van der Waals surface area contributed by atoms with E-state index in [9.17, 15) is 13.2 Å². The Balaban J connectivity index is 1.85. The third-order valence-electron chi connectivity index (χ3n) is 4.54. The summed E-state index contributed by atoms with van der Waals surface area (Å²) >= 11 is 6.09. The van der Waals surface area contributed by atoms with Crippen LogP contribution >= 0.6 is 11.6 Å². The van der Waals surface area contributed by atoms with Crippen LogP contribution in [-0.2, 0) is 23.1 Å². The summed E-state index contributed by atoms with van der Waals surface area (Å²) < 4.78 is 34.7. The molecule has 32 heavy (non-hydrogen) atoms. The maximum absolute atomic E-state index is 13.1. The number of carboxylic acid groups (broad SMARTS) is 1. The van der Waals surface area contributed by atoms with Crippen LogP contribution < -0.4 is 9.46 Å². The van der Waals surface area contributed by atoms with Gasteiger partial charge in [0.15, 0.2) is 0 Å². The second kappa shape index (κ2) is 9.89. The Labute approximate surface area is 192 Å². The highest BCUT2D eigenvalue weighted by atomic mass is 35.5. The van der Waals surface area contributed by atoms with Gasteiger partial charge in [-0.05, 0) is 54.8 Å². The van der Waals surface area contributed by atoms with Crippen molar-refractivity contribution in [2.45, 2.75) is 24.8 Å². The molecule has 3 aromatic rings. The lowest BCUT2D eigenvalue weighted by Gasteiger charge is -2.16. The van der Waals surface area contributed by atoms with Gasteiger partial charge >= 0.3 is 5.97 Å². The smallest absolute Gasteiger partial charge is 0.335 e. The van der Waals surface area contributed by atoms with Crippen LogP contribution in [0.1, 0.15) is 28.4 Å². The van der Waals surface area contributed by atoms with Crippen molar-refractivity contribution in [3.05, 3.63) is 101 Å². The maximum atomic E-state index is 13.1. The molecule has 0 radical (unpaired) electrons. The number of sulfonamides is 1. The Morgan fingerprint density at radius 3 is 2.44 bits per heavy atom. The average Bonchev–Trinajstić information content (AvgIpc) is 2.74. The molecule has 0 aliphatic carbocycles. The van der Waals surface area contributed by atoms with E-state index in [0.717, 1.165) is 11.1 Å². The van der Waals surface area contributed by atoms with E-state index < -0.39 is 16.0 Å². The number of aromatic carboxylic acids is 1. The molecule has 0 saturated carbocycles. The monoisotopic (exact) mass is 471 g/mol. The van der Waals surface area contributed by atoms with Gasteiger partial charge < -0.3 is 9.84 Å². The minimum absolute atomic E-state index is 0.0984. The summed E-state index contributed by atoms with van der Waals surface area (Å²) in [5.41, 5.74) is 2.61. The maximum Gasteiger partial charge on any atom is 0.335 e.